The van der Waals surface area contributed by atoms with Crippen LogP contribution in [0.4, 0.5) is 0 Å². The van der Waals surface area contributed by atoms with Crippen molar-refractivity contribution >= 4 is 12.4 Å². The number of aromatic nitrogens is 2. The Morgan fingerprint density at radius 3 is 2.79 bits per heavy atom. The maximum absolute atomic E-state index is 4.21. The first-order valence-corrected chi connectivity index (χ1v) is 5.08. The predicted molar refractivity (Wildman–Crippen MR) is 61.8 cm³/mol. The summed E-state index contributed by atoms with van der Waals surface area (Å²) >= 11 is 0. The van der Waals surface area contributed by atoms with Crippen molar-refractivity contribution in [3.8, 4) is 0 Å². The van der Waals surface area contributed by atoms with E-state index in [0.717, 1.165) is 19.6 Å². The Kier molecular flexibility index (Phi) is 7.52. The van der Waals surface area contributed by atoms with Gasteiger partial charge in [0, 0.05) is 24.8 Å². The molecule has 0 aromatic carbocycles. The smallest absolute Gasteiger partial charge is 0.0534 e. The highest BCUT2D eigenvalue weighted by molar-refractivity contribution is 5.85. The molecular weight excluding hydrogens is 198 g/mol. The van der Waals surface area contributed by atoms with E-state index in [2.05, 4.69) is 30.5 Å². The Morgan fingerprint density at radius 1 is 1.43 bits per heavy atom. The molecule has 14 heavy (non-hydrogen) atoms. The molecule has 0 aliphatic carbocycles. The molecule has 0 saturated carbocycles. The summed E-state index contributed by atoms with van der Waals surface area (Å²) < 4.78 is 1.96. The molecular formula is C10H20ClN3. The highest BCUT2D eigenvalue weighted by Gasteiger charge is 1.95. The van der Waals surface area contributed by atoms with E-state index in [9.17, 15) is 0 Å². The molecule has 1 N–H and O–H groups in total. The quantitative estimate of drug-likeness (QED) is 0.741. The van der Waals surface area contributed by atoms with Crippen molar-refractivity contribution in [1.29, 1.82) is 0 Å². The Morgan fingerprint density at radius 2 is 2.21 bits per heavy atom. The van der Waals surface area contributed by atoms with E-state index < -0.39 is 0 Å². The highest BCUT2D eigenvalue weighted by Crippen LogP contribution is 1.96. The van der Waals surface area contributed by atoms with E-state index in [1.807, 2.05) is 10.9 Å². The molecule has 0 amide bonds. The summed E-state index contributed by atoms with van der Waals surface area (Å²) in [5, 5.41) is 7.60. The lowest BCUT2D eigenvalue weighted by atomic mass is 10.3. The fraction of sp³-hybridized carbons (Fsp3) is 0.700. The molecule has 0 aliphatic rings. The van der Waals surface area contributed by atoms with Crippen LogP contribution in [0.3, 0.4) is 0 Å². The van der Waals surface area contributed by atoms with Crippen LogP contribution in [0.2, 0.25) is 0 Å². The number of nitrogens with zero attached hydrogens (tertiary/aromatic N) is 2. The largest absolute Gasteiger partial charge is 0.313 e. The molecule has 0 unspecified atom stereocenters. The van der Waals surface area contributed by atoms with Gasteiger partial charge in [0.1, 0.15) is 0 Å². The number of nitrogens with one attached hydrogen (secondary N) is 1. The van der Waals surface area contributed by atoms with Gasteiger partial charge >= 0.3 is 0 Å². The third-order valence-electron chi connectivity index (χ3n) is 2.05. The van der Waals surface area contributed by atoms with Crippen molar-refractivity contribution in [2.45, 2.75) is 39.8 Å². The van der Waals surface area contributed by atoms with Crippen LogP contribution in [0.25, 0.3) is 0 Å². The maximum Gasteiger partial charge on any atom is 0.0534 e. The van der Waals surface area contributed by atoms with Gasteiger partial charge in [-0.15, -0.1) is 12.4 Å². The number of hydrogen-bond donors (Lipinski definition) is 1. The summed E-state index contributed by atoms with van der Waals surface area (Å²) in [6.07, 6.45) is 6.53. The van der Waals surface area contributed by atoms with Crippen LogP contribution in [0.15, 0.2) is 12.4 Å². The third kappa shape index (κ3) is 4.63. The minimum absolute atomic E-state index is 0. The topological polar surface area (TPSA) is 29.9 Å². The van der Waals surface area contributed by atoms with Crippen LogP contribution < -0.4 is 5.32 Å². The van der Waals surface area contributed by atoms with E-state index >= 15 is 0 Å². The van der Waals surface area contributed by atoms with Gasteiger partial charge in [-0.1, -0.05) is 13.3 Å². The molecule has 0 atom stereocenters. The number of unbranched alkanes of at least 4 members (excludes halogenated alkanes) is 1. The van der Waals surface area contributed by atoms with Crippen LogP contribution in [0.1, 0.15) is 32.3 Å². The Labute approximate surface area is 92.3 Å². The van der Waals surface area contributed by atoms with Crippen molar-refractivity contribution in [3.63, 3.8) is 0 Å². The zero-order chi connectivity index (χ0) is 9.52. The average Bonchev–Trinajstić information content (AvgIpc) is 2.60. The van der Waals surface area contributed by atoms with Gasteiger partial charge in [0.05, 0.1) is 6.20 Å². The van der Waals surface area contributed by atoms with Gasteiger partial charge < -0.3 is 5.32 Å². The summed E-state index contributed by atoms with van der Waals surface area (Å²) in [6, 6.07) is 0. The second-order valence-electron chi connectivity index (χ2n) is 3.23. The Bertz CT molecular complexity index is 235. The van der Waals surface area contributed by atoms with Gasteiger partial charge in [-0.3, -0.25) is 4.68 Å². The van der Waals surface area contributed by atoms with Crippen molar-refractivity contribution in [2.24, 2.45) is 0 Å². The molecule has 1 heterocycles. The molecule has 0 spiro atoms. The number of hydrogen-bond acceptors (Lipinski definition) is 2. The molecule has 1 rings (SSSR count). The van der Waals surface area contributed by atoms with Crippen LogP contribution in [0, 0.1) is 0 Å². The van der Waals surface area contributed by atoms with Crippen LogP contribution in [-0.2, 0) is 13.1 Å². The standard InChI is InChI=1S/C10H19N3.ClH/c1-3-5-6-11-7-10-8-12-13(4-2)9-10;/h8-9,11H,3-7H2,1-2H3;1H. The molecule has 82 valence electrons. The van der Waals surface area contributed by atoms with Crippen LogP contribution in [0.5, 0.6) is 0 Å². The van der Waals surface area contributed by atoms with Crippen molar-refractivity contribution in [3.05, 3.63) is 18.0 Å². The number of rotatable bonds is 6. The van der Waals surface area contributed by atoms with Gasteiger partial charge in [-0.05, 0) is 19.9 Å². The van der Waals surface area contributed by atoms with Gasteiger partial charge in [-0.25, -0.2) is 0 Å². The fourth-order valence-electron chi connectivity index (χ4n) is 1.21. The average molecular weight is 218 g/mol. The lowest BCUT2D eigenvalue weighted by Crippen LogP contribution is -2.13. The summed E-state index contributed by atoms with van der Waals surface area (Å²) in [6.45, 7) is 7.31. The van der Waals surface area contributed by atoms with Crippen LogP contribution in [-0.4, -0.2) is 16.3 Å². The SMILES string of the molecule is CCCCNCc1cnn(CC)c1.Cl. The molecule has 0 radical (unpaired) electrons. The molecule has 0 aliphatic heterocycles. The third-order valence-corrected chi connectivity index (χ3v) is 2.05. The van der Waals surface area contributed by atoms with Gasteiger partial charge in [0.15, 0.2) is 0 Å². The molecule has 1 aromatic rings. The van der Waals surface area contributed by atoms with Crippen LogP contribution >= 0.6 is 12.4 Å². The minimum atomic E-state index is 0. The normalized spacial score (nSPS) is 9.86. The molecule has 4 heteroatoms. The first-order valence-electron chi connectivity index (χ1n) is 5.08. The second-order valence-corrected chi connectivity index (χ2v) is 3.23. The summed E-state index contributed by atoms with van der Waals surface area (Å²) in [7, 11) is 0. The van der Waals surface area contributed by atoms with E-state index in [1.54, 1.807) is 0 Å². The number of halogens is 1. The predicted octanol–water partition coefficient (Wildman–Crippen LogP) is 2.21. The van der Waals surface area contributed by atoms with Crippen molar-refractivity contribution in [1.82, 2.24) is 15.1 Å². The van der Waals surface area contributed by atoms with Gasteiger partial charge in [-0.2, -0.15) is 5.10 Å². The van der Waals surface area contributed by atoms with E-state index in [-0.39, 0.29) is 12.4 Å². The summed E-state index contributed by atoms with van der Waals surface area (Å²) in [5.41, 5.74) is 1.28. The van der Waals surface area contributed by atoms with E-state index in [0.29, 0.717) is 0 Å². The Balaban J connectivity index is 0.00000169. The van der Waals surface area contributed by atoms with Gasteiger partial charge in [0.2, 0.25) is 0 Å². The van der Waals surface area contributed by atoms with E-state index in [4.69, 9.17) is 0 Å². The second kappa shape index (κ2) is 7.83. The van der Waals surface area contributed by atoms with Crippen molar-refractivity contribution in [2.75, 3.05) is 6.54 Å². The minimum Gasteiger partial charge on any atom is -0.313 e. The molecule has 1 aromatic heterocycles. The Hall–Kier alpha value is -0.540. The fourth-order valence-corrected chi connectivity index (χ4v) is 1.21. The zero-order valence-electron chi connectivity index (χ0n) is 8.99. The van der Waals surface area contributed by atoms with E-state index in [1.165, 1.54) is 18.4 Å². The highest BCUT2D eigenvalue weighted by atomic mass is 35.5. The number of aryl methyl sites for hydroxylation is 1. The monoisotopic (exact) mass is 217 g/mol. The molecule has 0 fully saturated rings. The summed E-state index contributed by atoms with van der Waals surface area (Å²) in [4.78, 5) is 0. The molecule has 0 bridgehead atoms. The first kappa shape index (κ1) is 13.5. The molecule has 0 saturated heterocycles. The van der Waals surface area contributed by atoms with Gasteiger partial charge in [0.25, 0.3) is 0 Å². The molecule has 3 nitrogen and oxygen atoms in total. The lowest BCUT2D eigenvalue weighted by molar-refractivity contribution is 0.637. The van der Waals surface area contributed by atoms with Crippen molar-refractivity contribution < 1.29 is 0 Å². The first-order chi connectivity index (χ1) is 6.36. The zero-order valence-corrected chi connectivity index (χ0v) is 9.81. The maximum atomic E-state index is 4.21. The lowest BCUT2D eigenvalue weighted by Gasteiger charge is -2.00. The summed E-state index contributed by atoms with van der Waals surface area (Å²) in [5.74, 6) is 0.